The van der Waals surface area contributed by atoms with E-state index in [1.807, 2.05) is 65.0 Å². The summed E-state index contributed by atoms with van der Waals surface area (Å²) in [5.74, 6) is 0.798. The first kappa shape index (κ1) is 32.7. The van der Waals surface area contributed by atoms with Gasteiger partial charge in [0.15, 0.2) is 9.84 Å². The van der Waals surface area contributed by atoms with Crippen molar-refractivity contribution in [1.29, 1.82) is 0 Å². The molecule has 7 atom stereocenters. The van der Waals surface area contributed by atoms with E-state index in [-0.39, 0.29) is 42.1 Å². The molecule has 4 rings (SSSR count). The summed E-state index contributed by atoms with van der Waals surface area (Å²) in [5, 5.41) is 16.9. The van der Waals surface area contributed by atoms with Gasteiger partial charge in [-0.2, -0.15) is 0 Å². The van der Waals surface area contributed by atoms with Crippen molar-refractivity contribution in [3.8, 4) is 0 Å². The average Bonchev–Trinajstić information content (AvgIpc) is 3.20. The molecule has 9 nitrogen and oxygen atoms in total. The van der Waals surface area contributed by atoms with Gasteiger partial charge in [-0.15, -0.1) is 0 Å². The SMILES string of the molecule is CC(C)[C@@H]1[C@H](OC(=O)N[C@@H](Cc2ccccc2)[C@H](O)CN2C[C@H]3CCCC[C@H]3CC2C(=O)NC(C)(C)C)CCS1(=O)=O. The van der Waals surface area contributed by atoms with Crippen molar-refractivity contribution in [2.75, 3.05) is 18.8 Å². The van der Waals surface area contributed by atoms with Crippen molar-refractivity contribution < 1.29 is 27.9 Å². The number of nitrogens with zero attached hydrogens (tertiary/aromatic N) is 1. The molecule has 0 aromatic heterocycles. The average molecular weight is 606 g/mol. The summed E-state index contributed by atoms with van der Waals surface area (Å²) < 4.78 is 30.8. The first-order valence-corrected chi connectivity index (χ1v) is 17.4. The van der Waals surface area contributed by atoms with Gasteiger partial charge in [-0.3, -0.25) is 9.69 Å². The smallest absolute Gasteiger partial charge is 0.407 e. The molecule has 2 aliphatic heterocycles. The third-order valence-electron chi connectivity index (χ3n) is 9.17. The molecule has 3 aliphatic rings. The Kier molecular flexibility index (Phi) is 10.6. The number of carbonyl (C=O) groups excluding carboxylic acids is 2. The number of sulfone groups is 1. The topological polar surface area (TPSA) is 125 Å². The van der Waals surface area contributed by atoms with E-state index in [1.54, 1.807) is 0 Å². The van der Waals surface area contributed by atoms with Crippen LogP contribution >= 0.6 is 0 Å². The van der Waals surface area contributed by atoms with Crippen molar-refractivity contribution >= 4 is 21.8 Å². The zero-order chi connectivity index (χ0) is 30.7. The van der Waals surface area contributed by atoms with E-state index < -0.39 is 39.4 Å². The second-order valence-corrected chi connectivity index (χ2v) is 16.3. The van der Waals surface area contributed by atoms with Crippen LogP contribution in [0.25, 0.3) is 0 Å². The van der Waals surface area contributed by atoms with Gasteiger partial charge < -0.3 is 20.5 Å². The Morgan fingerprint density at radius 2 is 1.74 bits per heavy atom. The van der Waals surface area contributed by atoms with Crippen LogP contribution < -0.4 is 10.6 Å². The molecular weight excluding hydrogens is 554 g/mol. The molecular formula is C32H51N3O6S. The lowest BCUT2D eigenvalue weighted by Gasteiger charge is -2.47. The standard InChI is InChI=1S/C32H51N3O6S/c1-21(2)29-28(15-16-42(29,39)40)41-31(38)33-25(17-22-11-7-6-8-12-22)27(36)20-35-19-24-14-10-9-13-23(24)18-26(35)30(37)34-32(3,4)5/h6-8,11-12,21,23-29,36H,9-10,13-20H2,1-5H3,(H,33,38)(H,34,37)/t23-,24+,25-,26?,27+,28+,29+/m0/s1. The molecule has 42 heavy (non-hydrogen) atoms. The predicted octanol–water partition coefficient (Wildman–Crippen LogP) is 3.69. The van der Waals surface area contributed by atoms with Crippen molar-refractivity contribution in [1.82, 2.24) is 15.5 Å². The normalized spacial score (nSPS) is 29.4. The number of hydrogen-bond acceptors (Lipinski definition) is 7. The number of carbonyl (C=O) groups is 2. The molecule has 0 radical (unpaired) electrons. The number of alkyl carbamates (subject to hydrolysis) is 1. The summed E-state index contributed by atoms with van der Waals surface area (Å²) in [6.45, 7) is 10.5. The van der Waals surface area contributed by atoms with E-state index in [9.17, 15) is 23.1 Å². The van der Waals surface area contributed by atoms with E-state index in [2.05, 4.69) is 15.5 Å². The fraction of sp³-hybridized carbons (Fsp3) is 0.750. The van der Waals surface area contributed by atoms with Crippen molar-refractivity contribution in [3.05, 3.63) is 35.9 Å². The summed E-state index contributed by atoms with van der Waals surface area (Å²) in [6.07, 6.45) is 3.63. The van der Waals surface area contributed by atoms with Gasteiger partial charge in [0.2, 0.25) is 5.91 Å². The zero-order valence-corrected chi connectivity index (χ0v) is 26.7. The van der Waals surface area contributed by atoms with Gasteiger partial charge in [-0.25, -0.2) is 13.2 Å². The van der Waals surface area contributed by atoms with Crippen molar-refractivity contribution in [3.63, 3.8) is 0 Å². The molecule has 1 saturated carbocycles. The first-order valence-electron chi connectivity index (χ1n) is 15.7. The third-order valence-corrected chi connectivity index (χ3v) is 11.7. The van der Waals surface area contributed by atoms with Crippen LogP contribution in [0.4, 0.5) is 4.79 Å². The van der Waals surface area contributed by atoms with Gasteiger partial charge in [-0.1, -0.05) is 63.4 Å². The Bertz CT molecular complexity index is 1170. The molecule has 1 aromatic rings. The summed E-state index contributed by atoms with van der Waals surface area (Å²) in [5.41, 5.74) is 0.575. The second-order valence-electron chi connectivity index (χ2n) is 14.1. The van der Waals surface area contributed by atoms with Crippen molar-refractivity contribution in [2.45, 2.75) is 115 Å². The Morgan fingerprint density at radius 1 is 1.07 bits per heavy atom. The predicted molar refractivity (Wildman–Crippen MR) is 164 cm³/mol. The van der Waals surface area contributed by atoms with Gasteiger partial charge in [-0.05, 0) is 69.8 Å². The van der Waals surface area contributed by atoms with Crippen LogP contribution in [0.15, 0.2) is 30.3 Å². The van der Waals surface area contributed by atoms with Crippen LogP contribution in [0, 0.1) is 17.8 Å². The van der Waals surface area contributed by atoms with E-state index in [0.29, 0.717) is 18.3 Å². The summed E-state index contributed by atoms with van der Waals surface area (Å²) >= 11 is 0. The maximum atomic E-state index is 13.5. The summed E-state index contributed by atoms with van der Waals surface area (Å²) in [4.78, 5) is 28.8. The highest BCUT2D eigenvalue weighted by Crippen LogP contribution is 2.39. The largest absolute Gasteiger partial charge is 0.445 e. The maximum absolute atomic E-state index is 13.5. The molecule has 0 bridgehead atoms. The van der Waals surface area contributed by atoms with E-state index >= 15 is 0 Å². The molecule has 2 heterocycles. The molecule has 1 unspecified atom stereocenters. The highest BCUT2D eigenvalue weighted by molar-refractivity contribution is 7.92. The van der Waals surface area contributed by atoms with E-state index in [1.165, 1.54) is 12.8 Å². The lowest BCUT2D eigenvalue weighted by molar-refractivity contribution is -0.132. The number of nitrogens with one attached hydrogen (secondary N) is 2. The molecule has 236 valence electrons. The minimum Gasteiger partial charge on any atom is -0.445 e. The lowest BCUT2D eigenvalue weighted by atomic mass is 9.72. The third kappa shape index (κ3) is 8.47. The second kappa shape index (κ2) is 13.6. The van der Waals surface area contributed by atoms with Crippen LogP contribution in [0.2, 0.25) is 0 Å². The molecule has 3 fully saturated rings. The number of hydrogen-bond donors (Lipinski definition) is 3. The van der Waals surface area contributed by atoms with Crippen LogP contribution in [-0.2, 0) is 25.8 Å². The van der Waals surface area contributed by atoms with Crippen molar-refractivity contribution in [2.24, 2.45) is 17.8 Å². The fourth-order valence-corrected chi connectivity index (χ4v) is 9.57. The Labute approximate surface area is 252 Å². The number of benzene rings is 1. The number of rotatable bonds is 9. The lowest BCUT2D eigenvalue weighted by Crippen LogP contribution is -2.60. The van der Waals surface area contributed by atoms with Gasteiger partial charge in [0.1, 0.15) is 11.4 Å². The van der Waals surface area contributed by atoms with Crippen LogP contribution in [0.3, 0.4) is 0 Å². The Balaban J connectivity index is 1.50. The van der Waals surface area contributed by atoms with Gasteiger partial charge >= 0.3 is 6.09 Å². The molecule has 3 N–H and O–H groups in total. The number of β-amino-alcohol motifs (C(OH)–C–C–N with tert-alkyl or cyclic N) is 1. The van der Waals surface area contributed by atoms with Gasteiger partial charge in [0.25, 0.3) is 0 Å². The molecule has 1 aliphatic carbocycles. The van der Waals surface area contributed by atoms with Crippen LogP contribution in [-0.4, -0.2) is 84.3 Å². The van der Waals surface area contributed by atoms with Crippen LogP contribution in [0.5, 0.6) is 0 Å². The quantitative estimate of drug-likeness (QED) is 0.392. The zero-order valence-electron chi connectivity index (χ0n) is 25.9. The Morgan fingerprint density at radius 3 is 2.38 bits per heavy atom. The molecule has 10 heteroatoms. The van der Waals surface area contributed by atoms with E-state index in [0.717, 1.165) is 31.4 Å². The number of likely N-dealkylation sites (tertiary alicyclic amines) is 1. The van der Waals surface area contributed by atoms with E-state index in [4.69, 9.17) is 4.74 Å². The number of aliphatic hydroxyl groups excluding tert-OH is 1. The monoisotopic (exact) mass is 605 g/mol. The maximum Gasteiger partial charge on any atom is 0.407 e. The summed E-state index contributed by atoms with van der Waals surface area (Å²) in [6, 6.07) is 8.58. The van der Waals surface area contributed by atoms with Gasteiger partial charge in [0, 0.05) is 18.6 Å². The Hall–Kier alpha value is -2.17. The number of amides is 2. The van der Waals surface area contributed by atoms with Gasteiger partial charge in [0.05, 0.1) is 23.9 Å². The summed E-state index contributed by atoms with van der Waals surface area (Å²) in [7, 11) is -3.33. The first-order chi connectivity index (χ1) is 19.7. The molecule has 2 amide bonds. The minimum absolute atomic E-state index is 0.000991. The number of fused-ring (bicyclic) bond motifs is 1. The molecule has 0 spiro atoms. The van der Waals surface area contributed by atoms with Crippen LogP contribution in [0.1, 0.15) is 78.7 Å². The minimum atomic E-state index is -3.33. The fourth-order valence-electron chi connectivity index (χ4n) is 7.25. The highest BCUT2D eigenvalue weighted by atomic mass is 32.2. The number of piperidine rings is 1. The highest BCUT2D eigenvalue weighted by Gasteiger charge is 2.45. The number of aliphatic hydroxyl groups is 1. The molecule has 1 aromatic carbocycles. The number of ether oxygens (including phenoxy) is 1. The molecule has 2 saturated heterocycles.